The Morgan fingerprint density at radius 2 is 2.00 bits per heavy atom. The van der Waals surface area contributed by atoms with Crippen molar-refractivity contribution < 1.29 is 17.9 Å². The number of aliphatic hydroxyl groups excluding tert-OH is 1. The topological polar surface area (TPSA) is 54.4 Å². The molecule has 1 unspecified atom stereocenters. The van der Waals surface area contributed by atoms with Crippen molar-refractivity contribution >= 4 is 9.84 Å². The molecule has 0 radical (unpaired) electrons. The minimum Gasteiger partial charge on any atom is -0.386 e. The fourth-order valence-corrected chi connectivity index (χ4v) is 2.13. The summed E-state index contributed by atoms with van der Waals surface area (Å²) in [5.74, 6) is 0. The number of rotatable bonds is 3. The van der Waals surface area contributed by atoms with Crippen LogP contribution >= 0.6 is 0 Å². The van der Waals surface area contributed by atoms with E-state index in [1.807, 2.05) is 0 Å². The van der Waals surface area contributed by atoms with Gasteiger partial charge in [0.1, 0.15) is 12.8 Å². The summed E-state index contributed by atoms with van der Waals surface area (Å²) in [6.45, 7) is -0.994. The lowest BCUT2D eigenvalue weighted by Crippen LogP contribution is -2.07. The molecule has 5 heteroatoms. The molecule has 0 fully saturated rings. The zero-order valence-corrected chi connectivity index (χ0v) is 8.46. The molecule has 0 amide bonds. The van der Waals surface area contributed by atoms with Gasteiger partial charge in [-0.05, 0) is 6.07 Å². The molecule has 0 aliphatic carbocycles. The Bertz CT molecular complexity index is 414. The third-order valence-electron chi connectivity index (χ3n) is 1.82. The van der Waals surface area contributed by atoms with Crippen LogP contribution in [0.25, 0.3) is 0 Å². The molecule has 1 N–H and O–H groups in total. The SMILES string of the molecule is CS(=O)(=O)c1ccccc1C(O)CF. The van der Waals surface area contributed by atoms with Crippen LogP contribution in [0.15, 0.2) is 29.2 Å². The van der Waals surface area contributed by atoms with Gasteiger partial charge in [0.05, 0.1) is 4.90 Å². The van der Waals surface area contributed by atoms with Crippen LogP contribution in [0.3, 0.4) is 0 Å². The van der Waals surface area contributed by atoms with Gasteiger partial charge in [0.15, 0.2) is 9.84 Å². The van der Waals surface area contributed by atoms with Crippen LogP contribution in [0.2, 0.25) is 0 Å². The number of sulfone groups is 1. The van der Waals surface area contributed by atoms with Gasteiger partial charge >= 0.3 is 0 Å². The molecule has 14 heavy (non-hydrogen) atoms. The maximum atomic E-state index is 12.2. The second-order valence-electron chi connectivity index (χ2n) is 2.98. The van der Waals surface area contributed by atoms with Gasteiger partial charge in [-0.2, -0.15) is 0 Å². The van der Waals surface area contributed by atoms with Crippen LogP contribution in [-0.4, -0.2) is 26.5 Å². The summed E-state index contributed by atoms with van der Waals surface area (Å²) < 4.78 is 34.7. The van der Waals surface area contributed by atoms with Crippen molar-refractivity contribution in [2.24, 2.45) is 0 Å². The Labute approximate surface area is 82.1 Å². The standard InChI is InChI=1S/C9H11FO3S/c1-14(12,13)9-5-3-2-4-7(9)8(11)6-10/h2-5,8,11H,6H2,1H3. The van der Waals surface area contributed by atoms with Gasteiger partial charge in [-0.25, -0.2) is 12.8 Å². The van der Waals surface area contributed by atoms with E-state index in [1.54, 1.807) is 6.07 Å². The Balaban J connectivity index is 3.30. The molecule has 0 aliphatic rings. The molecule has 1 aromatic rings. The number of benzene rings is 1. The van der Waals surface area contributed by atoms with Gasteiger partial charge in [0.25, 0.3) is 0 Å². The molecular formula is C9H11FO3S. The molecule has 78 valence electrons. The highest BCUT2D eigenvalue weighted by Crippen LogP contribution is 2.22. The highest BCUT2D eigenvalue weighted by atomic mass is 32.2. The maximum Gasteiger partial charge on any atom is 0.175 e. The molecule has 1 rings (SSSR count). The summed E-state index contributed by atoms with van der Waals surface area (Å²) >= 11 is 0. The van der Waals surface area contributed by atoms with Crippen LogP contribution in [0, 0.1) is 0 Å². The van der Waals surface area contributed by atoms with Crippen molar-refractivity contribution in [3.05, 3.63) is 29.8 Å². The van der Waals surface area contributed by atoms with Crippen LogP contribution in [0.4, 0.5) is 4.39 Å². The Kier molecular flexibility index (Phi) is 3.23. The van der Waals surface area contributed by atoms with Crippen LogP contribution in [0.5, 0.6) is 0 Å². The molecule has 0 saturated carbocycles. The van der Waals surface area contributed by atoms with Gasteiger partial charge < -0.3 is 5.11 Å². The molecular weight excluding hydrogens is 207 g/mol. The average molecular weight is 218 g/mol. The van der Waals surface area contributed by atoms with Crippen LogP contribution < -0.4 is 0 Å². The molecule has 0 spiro atoms. The molecule has 0 aliphatic heterocycles. The van der Waals surface area contributed by atoms with E-state index >= 15 is 0 Å². The van der Waals surface area contributed by atoms with Crippen molar-refractivity contribution in [2.75, 3.05) is 12.9 Å². The molecule has 1 aromatic carbocycles. The highest BCUT2D eigenvalue weighted by Gasteiger charge is 2.17. The Hall–Kier alpha value is -0.940. The van der Waals surface area contributed by atoms with Crippen molar-refractivity contribution in [1.82, 2.24) is 0 Å². The normalized spacial score (nSPS) is 13.9. The van der Waals surface area contributed by atoms with Gasteiger partial charge in [-0.15, -0.1) is 0 Å². The second kappa shape index (κ2) is 4.06. The Morgan fingerprint density at radius 3 is 2.50 bits per heavy atom. The van der Waals surface area contributed by atoms with Crippen molar-refractivity contribution in [2.45, 2.75) is 11.0 Å². The first-order valence-corrected chi connectivity index (χ1v) is 5.89. The third-order valence-corrected chi connectivity index (χ3v) is 2.99. The fraction of sp³-hybridized carbons (Fsp3) is 0.333. The van der Waals surface area contributed by atoms with E-state index < -0.39 is 22.6 Å². The lowest BCUT2D eigenvalue weighted by Gasteiger charge is -2.10. The number of alkyl halides is 1. The summed E-state index contributed by atoms with van der Waals surface area (Å²) in [5.41, 5.74) is 0.109. The van der Waals surface area contributed by atoms with E-state index in [-0.39, 0.29) is 10.5 Å². The zero-order valence-electron chi connectivity index (χ0n) is 7.64. The van der Waals surface area contributed by atoms with Gasteiger partial charge in [0, 0.05) is 11.8 Å². The summed E-state index contributed by atoms with van der Waals surface area (Å²) in [6.07, 6.45) is -0.350. The first-order valence-electron chi connectivity index (χ1n) is 4.00. The number of hydrogen-bond donors (Lipinski definition) is 1. The number of aliphatic hydroxyl groups is 1. The van der Waals surface area contributed by atoms with Crippen LogP contribution in [0.1, 0.15) is 11.7 Å². The average Bonchev–Trinajstić information content (AvgIpc) is 2.15. The number of halogens is 1. The zero-order chi connectivity index (χ0) is 10.8. The lowest BCUT2D eigenvalue weighted by atomic mass is 10.1. The minimum absolute atomic E-state index is 0.0230. The smallest absolute Gasteiger partial charge is 0.175 e. The summed E-state index contributed by atoms with van der Waals surface area (Å²) in [5, 5.41) is 9.23. The summed E-state index contributed by atoms with van der Waals surface area (Å²) in [6, 6.07) is 5.85. The molecule has 1 atom stereocenters. The van der Waals surface area contributed by atoms with E-state index in [9.17, 15) is 17.9 Å². The van der Waals surface area contributed by atoms with Crippen molar-refractivity contribution in [3.63, 3.8) is 0 Å². The monoisotopic (exact) mass is 218 g/mol. The van der Waals surface area contributed by atoms with E-state index in [0.29, 0.717) is 0 Å². The summed E-state index contributed by atoms with van der Waals surface area (Å²) in [4.78, 5) is -0.0230. The highest BCUT2D eigenvalue weighted by molar-refractivity contribution is 7.90. The largest absolute Gasteiger partial charge is 0.386 e. The maximum absolute atomic E-state index is 12.2. The third kappa shape index (κ3) is 2.30. The van der Waals surface area contributed by atoms with Crippen molar-refractivity contribution in [1.29, 1.82) is 0 Å². The van der Waals surface area contributed by atoms with Gasteiger partial charge in [-0.1, -0.05) is 18.2 Å². The van der Waals surface area contributed by atoms with Gasteiger partial charge in [0.2, 0.25) is 0 Å². The van der Waals surface area contributed by atoms with E-state index in [2.05, 4.69) is 0 Å². The van der Waals surface area contributed by atoms with Crippen molar-refractivity contribution in [3.8, 4) is 0 Å². The fourth-order valence-electron chi connectivity index (χ4n) is 1.18. The predicted molar refractivity (Wildman–Crippen MR) is 50.5 cm³/mol. The first-order chi connectivity index (χ1) is 6.46. The molecule has 0 saturated heterocycles. The Morgan fingerprint density at radius 1 is 1.43 bits per heavy atom. The molecule has 3 nitrogen and oxygen atoms in total. The lowest BCUT2D eigenvalue weighted by molar-refractivity contribution is 0.139. The van der Waals surface area contributed by atoms with E-state index in [0.717, 1.165) is 6.26 Å². The van der Waals surface area contributed by atoms with Gasteiger partial charge in [-0.3, -0.25) is 0 Å². The van der Waals surface area contributed by atoms with E-state index in [1.165, 1.54) is 18.2 Å². The first kappa shape index (κ1) is 11.1. The minimum atomic E-state index is -3.42. The van der Waals surface area contributed by atoms with Crippen LogP contribution in [-0.2, 0) is 9.84 Å². The second-order valence-corrected chi connectivity index (χ2v) is 4.96. The molecule has 0 heterocycles. The number of hydrogen-bond acceptors (Lipinski definition) is 3. The summed E-state index contributed by atoms with van der Waals surface area (Å²) in [7, 11) is -3.42. The quantitative estimate of drug-likeness (QED) is 0.826. The molecule has 0 aromatic heterocycles. The van der Waals surface area contributed by atoms with E-state index in [4.69, 9.17) is 0 Å². The predicted octanol–water partition coefficient (Wildman–Crippen LogP) is 1.09. The molecule has 0 bridgehead atoms.